The summed E-state index contributed by atoms with van der Waals surface area (Å²) in [6.07, 6.45) is -3.19. The summed E-state index contributed by atoms with van der Waals surface area (Å²) in [4.78, 5) is 14.1. The second kappa shape index (κ2) is 5.16. The van der Waals surface area contributed by atoms with Crippen LogP contribution in [0.5, 0.6) is 0 Å². The molecule has 1 aromatic heterocycles. The van der Waals surface area contributed by atoms with Gasteiger partial charge in [0.05, 0.1) is 17.7 Å². The highest BCUT2D eigenvalue weighted by Gasteiger charge is 2.18. The van der Waals surface area contributed by atoms with E-state index in [0.717, 1.165) is 6.07 Å². The van der Waals surface area contributed by atoms with Crippen molar-refractivity contribution in [3.05, 3.63) is 26.6 Å². The zero-order chi connectivity index (χ0) is 12.3. The van der Waals surface area contributed by atoms with Gasteiger partial charge in [-0.1, -0.05) is 0 Å². The van der Waals surface area contributed by atoms with Crippen molar-refractivity contribution in [2.24, 2.45) is 0 Å². The lowest BCUT2D eigenvalue weighted by Crippen LogP contribution is -2.08. The summed E-state index contributed by atoms with van der Waals surface area (Å²) >= 11 is 1.72. The third-order valence-electron chi connectivity index (χ3n) is 1.74. The average Bonchev–Trinajstić information content (AvgIpc) is 2.19. The molecular weight excluding hydrogens is 333 g/mol. The molecule has 1 rings (SSSR count). The Morgan fingerprint density at radius 2 is 2.31 bits per heavy atom. The molecule has 16 heavy (non-hydrogen) atoms. The number of hydrogen-bond donors (Lipinski definition) is 1. The van der Waals surface area contributed by atoms with E-state index in [9.17, 15) is 13.6 Å². The second-order valence-corrected chi connectivity index (χ2v) is 4.00. The van der Waals surface area contributed by atoms with E-state index in [1.807, 2.05) is 0 Å². The normalized spacial score (nSPS) is 10.2. The smallest absolute Gasteiger partial charge is 0.309 e. The highest BCUT2D eigenvalue weighted by molar-refractivity contribution is 14.1. The lowest BCUT2D eigenvalue weighted by Gasteiger charge is -2.06. The Morgan fingerprint density at radius 1 is 1.69 bits per heavy atom. The Hall–Kier alpha value is -1.30. The molecule has 7 heteroatoms. The Bertz CT molecular complexity index is 471. The van der Waals surface area contributed by atoms with Crippen LogP contribution in [-0.2, 0) is 11.2 Å². The van der Waals surface area contributed by atoms with E-state index in [1.54, 1.807) is 22.6 Å². The van der Waals surface area contributed by atoms with Gasteiger partial charge < -0.3 is 5.11 Å². The maximum atomic E-state index is 12.5. The van der Waals surface area contributed by atoms with E-state index in [-0.39, 0.29) is 5.69 Å². The summed E-state index contributed by atoms with van der Waals surface area (Å²) in [6, 6.07) is 2.62. The second-order valence-electron chi connectivity index (χ2n) is 2.84. The maximum absolute atomic E-state index is 12.5. The third-order valence-corrected chi connectivity index (χ3v) is 2.67. The molecular formula is C9H5F2IN2O2. The van der Waals surface area contributed by atoms with Gasteiger partial charge in [0.15, 0.2) is 0 Å². The van der Waals surface area contributed by atoms with Gasteiger partial charge >= 0.3 is 5.97 Å². The first-order valence-corrected chi connectivity index (χ1v) is 5.13. The van der Waals surface area contributed by atoms with Crippen LogP contribution in [-0.4, -0.2) is 16.1 Å². The van der Waals surface area contributed by atoms with Crippen molar-refractivity contribution in [3.63, 3.8) is 0 Å². The van der Waals surface area contributed by atoms with Gasteiger partial charge in [-0.15, -0.1) is 0 Å². The number of carbonyl (C=O) groups is 1. The number of halogens is 3. The largest absolute Gasteiger partial charge is 0.481 e. The number of aliphatic carboxylic acids is 1. The van der Waals surface area contributed by atoms with Gasteiger partial charge in [-0.2, -0.15) is 5.26 Å². The standard InChI is InChI=1S/C9H5F2IN2O2/c10-9(11)4-1-5(12)6(2-8(15)16)14-7(4)3-13/h1,9H,2H2,(H,15,16). The SMILES string of the molecule is N#Cc1nc(CC(=O)O)c(I)cc1C(F)F. The average molecular weight is 338 g/mol. The van der Waals surface area contributed by atoms with E-state index in [0.29, 0.717) is 3.57 Å². The highest BCUT2D eigenvalue weighted by Crippen LogP contribution is 2.25. The molecule has 0 unspecified atom stereocenters. The minimum atomic E-state index is -2.80. The molecule has 0 radical (unpaired) electrons. The minimum absolute atomic E-state index is 0.119. The minimum Gasteiger partial charge on any atom is -0.481 e. The Labute approximate surface area is 103 Å². The van der Waals surface area contributed by atoms with Crippen LogP contribution in [0.4, 0.5) is 8.78 Å². The fourth-order valence-corrected chi connectivity index (χ4v) is 1.71. The molecule has 1 N–H and O–H groups in total. The monoisotopic (exact) mass is 338 g/mol. The van der Waals surface area contributed by atoms with Gasteiger partial charge in [-0.05, 0) is 28.7 Å². The van der Waals surface area contributed by atoms with E-state index in [2.05, 4.69) is 4.98 Å². The third kappa shape index (κ3) is 2.85. The van der Waals surface area contributed by atoms with Crippen LogP contribution in [0.2, 0.25) is 0 Å². The van der Waals surface area contributed by atoms with Crippen LogP contribution in [0.3, 0.4) is 0 Å². The molecule has 0 atom stereocenters. The van der Waals surface area contributed by atoms with Crippen molar-refractivity contribution < 1.29 is 18.7 Å². The molecule has 0 aliphatic heterocycles. The topological polar surface area (TPSA) is 74.0 Å². The number of carboxylic acids is 1. The molecule has 1 aromatic rings. The van der Waals surface area contributed by atoms with Crippen LogP contribution in [0.1, 0.15) is 23.4 Å². The van der Waals surface area contributed by atoms with Gasteiger partial charge in [0.1, 0.15) is 11.8 Å². The number of carboxylic acid groups (broad SMARTS) is 1. The van der Waals surface area contributed by atoms with Crippen LogP contribution >= 0.6 is 22.6 Å². The number of pyridine rings is 1. The molecule has 0 spiro atoms. The van der Waals surface area contributed by atoms with Gasteiger partial charge in [-0.25, -0.2) is 13.8 Å². The quantitative estimate of drug-likeness (QED) is 0.857. The molecule has 0 fully saturated rings. The van der Waals surface area contributed by atoms with Crippen molar-refractivity contribution in [2.45, 2.75) is 12.8 Å². The molecule has 0 aliphatic carbocycles. The molecule has 4 nitrogen and oxygen atoms in total. The summed E-state index contributed by atoms with van der Waals surface area (Å²) in [6.45, 7) is 0. The highest BCUT2D eigenvalue weighted by atomic mass is 127. The molecule has 0 saturated carbocycles. The van der Waals surface area contributed by atoms with Gasteiger partial charge in [-0.3, -0.25) is 4.79 Å². The number of aromatic nitrogens is 1. The first kappa shape index (κ1) is 12.8. The molecule has 0 aliphatic rings. The van der Waals surface area contributed by atoms with Crippen molar-refractivity contribution in [1.82, 2.24) is 4.98 Å². The Balaban J connectivity index is 3.27. The Morgan fingerprint density at radius 3 is 2.75 bits per heavy atom. The fourth-order valence-electron chi connectivity index (χ4n) is 1.06. The van der Waals surface area contributed by atoms with E-state index >= 15 is 0 Å². The van der Waals surface area contributed by atoms with Crippen LogP contribution in [0.25, 0.3) is 0 Å². The van der Waals surface area contributed by atoms with Crippen molar-refractivity contribution >= 4 is 28.6 Å². The molecule has 84 valence electrons. The predicted molar refractivity (Wildman–Crippen MR) is 58.0 cm³/mol. The summed E-state index contributed by atoms with van der Waals surface area (Å²) in [7, 11) is 0. The van der Waals surface area contributed by atoms with Gasteiger partial charge in [0, 0.05) is 3.57 Å². The van der Waals surface area contributed by atoms with Gasteiger partial charge in [0.2, 0.25) is 0 Å². The van der Waals surface area contributed by atoms with Crippen molar-refractivity contribution in [3.8, 4) is 6.07 Å². The molecule has 0 saturated heterocycles. The number of hydrogen-bond acceptors (Lipinski definition) is 3. The zero-order valence-electron chi connectivity index (χ0n) is 7.75. The summed E-state index contributed by atoms with van der Waals surface area (Å²) in [5.74, 6) is -1.13. The summed E-state index contributed by atoms with van der Waals surface area (Å²) in [5, 5.41) is 17.2. The lowest BCUT2D eigenvalue weighted by molar-refractivity contribution is -0.136. The number of alkyl halides is 2. The zero-order valence-corrected chi connectivity index (χ0v) is 9.90. The first-order valence-electron chi connectivity index (χ1n) is 4.05. The van der Waals surface area contributed by atoms with Crippen molar-refractivity contribution in [1.29, 1.82) is 5.26 Å². The van der Waals surface area contributed by atoms with E-state index in [4.69, 9.17) is 10.4 Å². The predicted octanol–water partition coefficient (Wildman–Crippen LogP) is 2.12. The number of nitrogens with zero attached hydrogens (tertiary/aromatic N) is 2. The van der Waals surface area contributed by atoms with Crippen LogP contribution in [0.15, 0.2) is 6.07 Å². The van der Waals surface area contributed by atoms with Crippen LogP contribution in [0, 0.1) is 14.9 Å². The van der Waals surface area contributed by atoms with Crippen LogP contribution < -0.4 is 0 Å². The summed E-state index contributed by atoms with van der Waals surface area (Å²) < 4.78 is 25.3. The molecule has 0 aromatic carbocycles. The van der Waals surface area contributed by atoms with Gasteiger partial charge in [0.25, 0.3) is 6.43 Å². The maximum Gasteiger partial charge on any atom is 0.309 e. The fraction of sp³-hybridized carbons (Fsp3) is 0.222. The van der Waals surface area contributed by atoms with Crippen molar-refractivity contribution in [2.75, 3.05) is 0 Å². The number of rotatable bonds is 3. The molecule has 1 heterocycles. The molecule has 0 amide bonds. The Kier molecular flexibility index (Phi) is 4.12. The first-order chi connectivity index (χ1) is 7.45. The number of nitriles is 1. The lowest BCUT2D eigenvalue weighted by atomic mass is 10.1. The van der Waals surface area contributed by atoms with E-state index in [1.165, 1.54) is 6.07 Å². The van der Waals surface area contributed by atoms with E-state index < -0.39 is 30.1 Å². The summed E-state index contributed by atoms with van der Waals surface area (Å²) in [5.41, 5.74) is -0.776. The molecule has 0 bridgehead atoms.